The highest BCUT2D eigenvalue weighted by Crippen LogP contribution is 2.42. The van der Waals surface area contributed by atoms with Crippen molar-refractivity contribution >= 4 is 44.5 Å². The molecule has 0 saturated heterocycles. The molecule has 0 unspecified atom stereocenters. The van der Waals surface area contributed by atoms with E-state index in [0.29, 0.717) is 21.7 Å². The number of nitrogens with two attached hydrogens (primary N) is 1. The average Bonchev–Trinajstić information content (AvgIpc) is 3.27. The van der Waals surface area contributed by atoms with E-state index in [2.05, 4.69) is 4.98 Å². The molecule has 3 N–H and O–H groups in total. The number of aromatic nitrogens is 1. The van der Waals surface area contributed by atoms with E-state index in [1.54, 1.807) is 23.7 Å². The van der Waals surface area contributed by atoms with Gasteiger partial charge in [-0.3, -0.25) is 0 Å². The molecule has 0 aromatic carbocycles. The summed E-state index contributed by atoms with van der Waals surface area (Å²) in [4.78, 5) is 17.6. The zero-order valence-electron chi connectivity index (χ0n) is 11.6. The molecule has 4 aromatic heterocycles. The monoisotopic (exact) mass is 342 g/mol. The minimum atomic E-state index is -1.04. The number of hydrogen-bond donors (Lipinski definition) is 2. The summed E-state index contributed by atoms with van der Waals surface area (Å²) in [5, 5.41) is 12.0. The Morgan fingerprint density at radius 2 is 2.17 bits per heavy atom. The Bertz CT molecular complexity index is 1000. The van der Waals surface area contributed by atoms with E-state index in [1.807, 2.05) is 29.6 Å². The quantitative estimate of drug-likeness (QED) is 0.569. The summed E-state index contributed by atoms with van der Waals surface area (Å²) in [7, 11) is 0. The van der Waals surface area contributed by atoms with E-state index in [9.17, 15) is 9.90 Å². The van der Waals surface area contributed by atoms with Gasteiger partial charge in [-0.25, -0.2) is 9.78 Å². The van der Waals surface area contributed by atoms with E-state index in [0.717, 1.165) is 21.8 Å². The van der Waals surface area contributed by atoms with Gasteiger partial charge in [0.2, 0.25) is 0 Å². The Labute approximate surface area is 138 Å². The lowest BCUT2D eigenvalue weighted by molar-refractivity contribution is 0.0703. The average molecular weight is 342 g/mol. The fourth-order valence-electron chi connectivity index (χ4n) is 2.46. The van der Waals surface area contributed by atoms with Crippen molar-refractivity contribution in [1.29, 1.82) is 0 Å². The number of hydrogen-bond acceptors (Lipinski definition) is 6. The van der Waals surface area contributed by atoms with Crippen LogP contribution < -0.4 is 5.73 Å². The van der Waals surface area contributed by atoms with Gasteiger partial charge in [-0.2, -0.15) is 0 Å². The topological polar surface area (TPSA) is 89.4 Å². The van der Waals surface area contributed by atoms with Crippen molar-refractivity contribution in [2.45, 2.75) is 0 Å². The van der Waals surface area contributed by atoms with Crippen LogP contribution in [0.2, 0.25) is 0 Å². The molecule has 23 heavy (non-hydrogen) atoms. The van der Waals surface area contributed by atoms with Crippen LogP contribution in [0.1, 0.15) is 9.67 Å². The third-order valence-corrected chi connectivity index (χ3v) is 5.44. The number of anilines is 1. The predicted octanol–water partition coefficient (Wildman–Crippen LogP) is 4.57. The standard InChI is InChI=1S/C16H10N2O3S2/c17-13-12-8(11-4-2-6-22-11)7-9(10-3-1-5-21-10)18-15(12)23-14(13)16(19)20/h1-7H,17H2,(H,19,20). The molecule has 5 nitrogen and oxygen atoms in total. The molecule has 0 atom stereocenters. The number of furan rings is 1. The van der Waals surface area contributed by atoms with Crippen LogP contribution in [0.15, 0.2) is 46.4 Å². The largest absolute Gasteiger partial charge is 0.477 e. The van der Waals surface area contributed by atoms with Gasteiger partial charge in [0.25, 0.3) is 0 Å². The van der Waals surface area contributed by atoms with Gasteiger partial charge in [-0.1, -0.05) is 6.07 Å². The highest BCUT2D eigenvalue weighted by atomic mass is 32.1. The molecule has 0 aliphatic carbocycles. The third kappa shape index (κ3) is 2.21. The number of carboxylic acid groups (broad SMARTS) is 1. The summed E-state index contributed by atoms with van der Waals surface area (Å²) < 4.78 is 5.42. The number of carboxylic acids is 1. The summed E-state index contributed by atoms with van der Waals surface area (Å²) in [6, 6.07) is 9.42. The highest BCUT2D eigenvalue weighted by molar-refractivity contribution is 7.21. The predicted molar refractivity (Wildman–Crippen MR) is 92.0 cm³/mol. The van der Waals surface area contributed by atoms with Gasteiger partial charge in [0.15, 0.2) is 5.76 Å². The minimum Gasteiger partial charge on any atom is -0.477 e. The molecular formula is C16H10N2O3S2. The molecule has 0 radical (unpaired) electrons. The maximum absolute atomic E-state index is 11.4. The lowest BCUT2D eigenvalue weighted by atomic mass is 10.1. The number of nitrogens with zero attached hydrogens (tertiary/aromatic N) is 1. The second-order valence-corrected chi connectivity index (χ2v) is 6.79. The Kier molecular flexibility index (Phi) is 3.17. The molecular weight excluding hydrogens is 332 g/mol. The Balaban J connectivity index is 2.08. The number of nitrogen functional groups attached to an aromatic ring is 1. The van der Waals surface area contributed by atoms with Crippen molar-refractivity contribution in [1.82, 2.24) is 4.98 Å². The number of thiophene rings is 2. The Hall–Kier alpha value is -2.64. The lowest BCUT2D eigenvalue weighted by Gasteiger charge is -2.05. The smallest absolute Gasteiger partial charge is 0.348 e. The van der Waals surface area contributed by atoms with Gasteiger partial charge >= 0.3 is 5.97 Å². The van der Waals surface area contributed by atoms with Crippen LogP contribution in [-0.2, 0) is 0 Å². The van der Waals surface area contributed by atoms with Crippen LogP contribution in [-0.4, -0.2) is 16.1 Å². The number of aromatic carboxylic acids is 1. The normalized spacial score (nSPS) is 11.1. The number of rotatable bonds is 3. The summed E-state index contributed by atoms with van der Waals surface area (Å²) in [5.74, 6) is -0.407. The third-order valence-electron chi connectivity index (χ3n) is 3.45. The van der Waals surface area contributed by atoms with E-state index in [1.165, 1.54) is 0 Å². The zero-order chi connectivity index (χ0) is 16.0. The van der Waals surface area contributed by atoms with Gasteiger partial charge in [0, 0.05) is 15.8 Å². The number of pyridine rings is 1. The molecule has 4 aromatic rings. The lowest BCUT2D eigenvalue weighted by Crippen LogP contribution is -1.97. The van der Waals surface area contributed by atoms with Gasteiger partial charge in [0.1, 0.15) is 15.4 Å². The molecule has 0 saturated carbocycles. The van der Waals surface area contributed by atoms with Crippen LogP contribution in [0.25, 0.3) is 32.1 Å². The van der Waals surface area contributed by atoms with Gasteiger partial charge in [0.05, 0.1) is 12.0 Å². The summed E-state index contributed by atoms with van der Waals surface area (Å²) in [6.07, 6.45) is 1.58. The fourth-order valence-corrected chi connectivity index (χ4v) is 4.16. The van der Waals surface area contributed by atoms with Crippen LogP contribution in [0.5, 0.6) is 0 Å². The second kappa shape index (κ2) is 5.22. The number of carbonyl (C=O) groups is 1. The molecule has 0 aliphatic heterocycles. The first-order chi connectivity index (χ1) is 11.1. The molecule has 0 amide bonds. The molecule has 7 heteroatoms. The summed E-state index contributed by atoms with van der Waals surface area (Å²) in [5.41, 5.74) is 7.88. The SMILES string of the molecule is Nc1c(C(=O)O)sc2nc(-c3ccco3)cc(-c3cccs3)c12. The first-order valence-electron chi connectivity index (χ1n) is 6.69. The molecule has 4 rings (SSSR count). The molecule has 0 aliphatic rings. The first kappa shape index (κ1) is 14.0. The van der Waals surface area contributed by atoms with Crippen molar-refractivity contribution in [2.75, 3.05) is 5.73 Å². The fraction of sp³-hybridized carbons (Fsp3) is 0. The molecule has 4 heterocycles. The van der Waals surface area contributed by atoms with Crippen LogP contribution in [0, 0.1) is 0 Å². The van der Waals surface area contributed by atoms with Crippen LogP contribution >= 0.6 is 22.7 Å². The molecule has 0 fully saturated rings. The van der Waals surface area contributed by atoms with Crippen LogP contribution in [0.4, 0.5) is 5.69 Å². The molecule has 0 spiro atoms. The first-order valence-corrected chi connectivity index (χ1v) is 8.39. The van der Waals surface area contributed by atoms with E-state index >= 15 is 0 Å². The van der Waals surface area contributed by atoms with Gasteiger partial charge in [-0.05, 0) is 29.6 Å². The summed E-state index contributed by atoms with van der Waals surface area (Å²) >= 11 is 2.65. The van der Waals surface area contributed by atoms with E-state index in [-0.39, 0.29) is 10.6 Å². The maximum atomic E-state index is 11.4. The Morgan fingerprint density at radius 3 is 2.83 bits per heavy atom. The van der Waals surface area contributed by atoms with Gasteiger partial charge < -0.3 is 15.3 Å². The van der Waals surface area contributed by atoms with Crippen molar-refractivity contribution < 1.29 is 14.3 Å². The molecule has 114 valence electrons. The van der Waals surface area contributed by atoms with Crippen molar-refractivity contribution in [2.24, 2.45) is 0 Å². The summed E-state index contributed by atoms with van der Waals surface area (Å²) in [6.45, 7) is 0. The van der Waals surface area contributed by atoms with Crippen molar-refractivity contribution in [3.63, 3.8) is 0 Å². The zero-order valence-corrected chi connectivity index (χ0v) is 13.3. The van der Waals surface area contributed by atoms with E-state index in [4.69, 9.17) is 10.2 Å². The highest BCUT2D eigenvalue weighted by Gasteiger charge is 2.21. The Morgan fingerprint density at radius 1 is 1.30 bits per heavy atom. The maximum Gasteiger partial charge on any atom is 0.348 e. The van der Waals surface area contributed by atoms with Crippen molar-refractivity contribution in [3.8, 4) is 21.9 Å². The molecule has 0 bridgehead atoms. The number of fused-ring (bicyclic) bond motifs is 1. The van der Waals surface area contributed by atoms with Gasteiger partial charge in [-0.15, -0.1) is 22.7 Å². The van der Waals surface area contributed by atoms with Crippen LogP contribution in [0.3, 0.4) is 0 Å². The minimum absolute atomic E-state index is 0.113. The second-order valence-electron chi connectivity index (χ2n) is 4.84. The van der Waals surface area contributed by atoms with E-state index < -0.39 is 5.97 Å². The van der Waals surface area contributed by atoms with Crippen molar-refractivity contribution in [3.05, 3.63) is 46.9 Å².